The minimum Gasteiger partial charge on any atom is -0.247 e. The summed E-state index contributed by atoms with van der Waals surface area (Å²) in [4.78, 5) is 0. The van der Waals surface area contributed by atoms with Crippen molar-refractivity contribution in [3.8, 4) is 0 Å². The Labute approximate surface area is 90.6 Å². The number of hydrogen-bond acceptors (Lipinski definition) is 0. The highest BCUT2D eigenvalue weighted by atomic mass is 19.3. The third-order valence-corrected chi connectivity index (χ3v) is 2.30. The Morgan fingerprint density at radius 3 is 2.00 bits per heavy atom. The Hall–Kier alpha value is -0.470. The molecule has 0 aliphatic heterocycles. The first-order valence-electron chi connectivity index (χ1n) is 5.76. The van der Waals surface area contributed by atoms with Crippen molar-refractivity contribution in [1.29, 1.82) is 0 Å². The van der Waals surface area contributed by atoms with Gasteiger partial charge in [0.15, 0.2) is 0 Å². The van der Waals surface area contributed by atoms with E-state index in [1.807, 2.05) is 6.08 Å². The summed E-state index contributed by atoms with van der Waals surface area (Å²) in [5.74, 6) is 0. The molecule has 0 saturated heterocycles. The summed E-state index contributed by atoms with van der Waals surface area (Å²) in [6.45, 7) is -0.381. The van der Waals surface area contributed by atoms with Crippen LogP contribution in [0.15, 0.2) is 12.2 Å². The van der Waals surface area contributed by atoms with Crippen LogP contribution < -0.4 is 0 Å². The molecule has 0 rings (SSSR count). The van der Waals surface area contributed by atoms with E-state index in [1.54, 1.807) is 0 Å². The average molecular weight is 222 g/mol. The van der Waals surface area contributed by atoms with E-state index < -0.39 is 6.43 Å². The van der Waals surface area contributed by atoms with Gasteiger partial charge >= 0.3 is 0 Å². The maximum atomic E-state index is 11.7. The molecule has 0 aromatic carbocycles. The lowest BCUT2D eigenvalue weighted by Gasteiger charge is -2.00. The number of rotatable bonds is 10. The van der Waals surface area contributed by atoms with Crippen molar-refractivity contribution in [3.05, 3.63) is 12.2 Å². The van der Waals surface area contributed by atoms with Gasteiger partial charge in [-0.2, -0.15) is 0 Å². The Morgan fingerprint density at radius 1 is 0.800 bits per heavy atom. The predicted molar refractivity (Wildman–Crippen MR) is 58.1 cm³/mol. The monoisotopic (exact) mass is 222 g/mol. The van der Waals surface area contributed by atoms with E-state index in [1.165, 1.54) is 6.08 Å². The molecule has 15 heavy (non-hydrogen) atoms. The van der Waals surface area contributed by atoms with E-state index in [0.29, 0.717) is 6.42 Å². The van der Waals surface area contributed by atoms with Gasteiger partial charge in [0.2, 0.25) is 6.43 Å². The van der Waals surface area contributed by atoms with E-state index >= 15 is 0 Å². The number of alkyl halides is 3. The number of hydrogen-bond donors (Lipinski definition) is 0. The van der Waals surface area contributed by atoms with Crippen LogP contribution in [0.5, 0.6) is 0 Å². The number of allylic oxidation sites excluding steroid dienone is 2. The second kappa shape index (κ2) is 11.6. The molecule has 0 fully saturated rings. The van der Waals surface area contributed by atoms with Gasteiger partial charge in [0.05, 0.1) is 0 Å². The van der Waals surface area contributed by atoms with Crippen LogP contribution in [0.3, 0.4) is 0 Å². The van der Waals surface area contributed by atoms with Crippen molar-refractivity contribution in [2.24, 2.45) is 0 Å². The largest absolute Gasteiger partial charge is 0.247 e. The summed E-state index contributed by atoms with van der Waals surface area (Å²) in [6, 6.07) is 0. The molecule has 0 radical (unpaired) electrons. The van der Waals surface area contributed by atoms with Crippen LogP contribution in [0.25, 0.3) is 0 Å². The summed E-state index contributed by atoms with van der Waals surface area (Å²) in [6.07, 6.45) is 8.10. The minimum atomic E-state index is -2.14. The molecule has 3 heteroatoms. The summed E-state index contributed by atoms with van der Waals surface area (Å²) < 4.78 is 35.1. The van der Waals surface area contributed by atoms with Crippen molar-refractivity contribution < 1.29 is 13.2 Å². The van der Waals surface area contributed by atoms with Crippen LogP contribution in [0.2, 0.25) is 0 Å². The molecule has 0 aliphatic carbocycles. The molecule has 0 spiro atoms. The fourth-order valence-electron chi connectivity index (χ4n) is 1.45. The van der Waals surface area contributed by atoms with Gasteiger partial charge in [-0.15, -0.1) is 0 Å². The predicted octanol–water partition coefficient (Wildman–Crippen LogP) is 4.90. The van der Waals surface area contributed by atoms with Crippen LogP contribution in [0.4, 0.5) is 13.2 Å². The molecular weight excluding hydrogens is 201 g/mol. The van der Waals surface area contributed by atoms with E-state index in [-0.39, 0.29) is 13.1 Å². The van der Waals surface area contributed by atoms with Gasteiger partial charge in [-0.1, -0.05) is 37.8 Å². The van der Waals surface area contributed by atoms with Gasteiger partial charge in [0.25, 0.3) is 0 Å². The van der Waals surface area contributed by atoms with Gasteiger partial charge < -0.3 is 0 Å². The van der Waals surface area contributed by atoms with Crippen LogP contribution in [0.1, 0.15) is 51.4 Å². The van der Waals surface area contributed by atoms with Gasteiger partial charge in [0, 0.05) is 6.42 Å². The molecule has 0 unspecified atom stereocenters. The quantitative estimate of drug-likeness (QED) is 0.364. The Bertz CT molecular complexity index is 144. The highest BCUT2D eigenvalue weighted by Crippen LogP contribution is 2.11. The third-order valence-electron chi connectivity index (χ3n) is 2.30. The maximum Gasteiger partial charge on any atom is 0.238 e. The van der Waals surface area contributed by atoms with Crippen LogP contribution >= 0.6 is 0 Å². The Kier molecular flexibility index (Phi) is 11.2. The van der Waals surface area contributed by atoms with E-state index in [9.17, 15) is 13.2 Å². The molecular formula is C12H21F3. The van der Waals surface area contributed by atoms with Gasteiger partial charge in [-0.25, -0.2) is 13.2 Å². The maximum absolute atomic E-state index is 11.7. The zero-order chi connectivity index (χ0) is 11.4. The summed E-state index contributed by atoms with van der Waals surface area (Å²) in [7, 11) is 0. The van der Waals surface area contributed by atoms with Gasteiger partial charge in [-0.05, 0) is 19.3 Å². The van der Waals surface area contributed by atoms with Crippen LogP contribution in [-0.2, 0) is 0 Å². The lowest BCUT2D eigenvalue weighted by atomic mass is 10.1. The molecule has 0 N–H and O–H groups in total. The summed E-state index contributed by atoms with van der Waals surface area (Å²) >= 11 is 0. The van der Waals surface area contributed by atoms with Crippen LogP contribution in [-0.4, -0.2) is 13.1 Å². The normalized spacial score (nSPS) is 11.7. The molecule has 90 valence electrons. The summed E-state index contributed by atoms with van der Waals surface area (Å²) in [5, 5.41) is 0. The topological polar surface area (TPSA) is 0 Å². The first-order valence-corrected chi connectivity index (χ1v) is 5.76. The molecule has 0 aliphatic rings. The fraction of sp³-hybridized carbons (Fsp3) is 0.833. The smallest absolute Gasteiger partial charge is 0.238 e. The van der Waals surface area contributed by atoms with Gasteiger partial charge in [0.1, 0.15) is 6.67 Å². The molecule has 0 atom stereocenters. The van der Waals surface area contributed by atoms with Crippen molar-refractivity contribution in [3.63, 3.8) is 0 Å². The minimum absolute atomic E-state index is 0.0409. The van der Waals surface area contributed by atoms with Gasteiger partial charge in [-0.3, -0.25) is 0 Å². The van der Waals surface area contributed by atoms with E-state index in [0.717, 1.165) is 38.5 Å². The number of unbranched alkanes of at least 4 members (excludes halogenated alkanes) is 6. The van der Waals surface area contributed by atoms with Crippen molar-refractivity contribution in [2.45, 2.75) is 57.8 Å². The Balaban J connectivity index is 2.96. The fourth-order valence-corrected chi connectivity index (χ4v) is 1.45. The SMILES string of the molecule is FC/C=C/CCCCCCCCC(F)F. The highest BCUT2D eigenvalue weighted by Gasteiger charge is 2.00. The molecule has 0 saturated carbocycles. The molecule has 0 aromatic rings. The number of halogens is 3. The second-order valence-electron chi connectivity index (χ2n) is 3.72. The molecule has 0 bridgehead atoms. The highest BCUT2D eigenvalue weighted by molar-refractivity contribution is 4.80. The van der Waals surface area contributed by atoms with Crippen molar-refractivity contribution in [2.75, 3.05) is 6.67 Å². The van der Waals surface area contributed by atoms with Crippen LogP contribution in [0, 0.1) is 0 Å². The Morgan fingerprint density at radius 2 is 1.40 bits per heavy atom. The molecule has 0 amide bonds. The third kappa shape index (κ3) is 13.5. The van der Waals surface area contributed by atoms with Crippen molar-refractivity contribution >= 4 is 0 Å². The lowest BCUT2D eigenvalue weighted by Crippen LogP contribution is -1.89. The molecule has 0 heterocycles. The average Bonchev–Trinajstić information content (AvgIpc) is 2.20. The zero-order valence-electron chi connectivity index (χ0n) is 9.23. The van der Waals surface area contributed by atoms with Crippen molar-refractivity contribution in [1.82, 2.24) is 0 Å². The first-order chi connectivity index (χ1) is 7.27. The lowest BCUT2D eigenvalue weighted by molar-refractivity contribution is 0.133. The molecule has 0 aromatic heterocycles. The molecule has 0 nitrogen and oxygen atoms in total. The second-order valence-corrected chi connectivity index (χ2v) is 3.72. The van der Waals surface area contributed by atoms with E-state index in [2.05, 4.69) is 0 Å². The van der Waals surface area contributed by atoms with E-state index in [4.69, 9.17) is 0 Å². The summed E-state index contributed by atoms with van der Waals surface area (Å²) in [5.41, 5.74) is 0. The standard InChI is InChI=1S/C12H21F3/c13-11-9-7-5-3-1-2-4-6-8-10-12(14)15/h7,9,12H,1-6,8,10-11H2/b9-7+. The first kappa shape index (κ1) is 14.5. The zero-order valence-corrected chi connectivity index (χ0v) is 9.23.